The number of halogens is 1. The van der Waals surface area contributed by atoms with Crippen molar-refractivity contribution in [2.45, 2.75) is 19.9 Å². The number of aryl methyl sites for hydroxylation is 2. The van der Waals surface area contributed by atoms with Crippen LogP contribution in [0.4, 0.5) is 10.1 Å². The molecule has 0 aliphatic carbocycles. The molecule has 1 aliphatic heterocycles. The molecule has 4 nitrogen and oxygen atoms in total. The molecule has 130 valence electrons. The van der Waals surface area contributed by atoms with E-state index in [1.165, 1.54) is 29.2 Å². The molecule has 1 heterocycles. The van der Waals surface area contributed by atoms with Crippen LogP contribution in [0.5, 0.6) is 0 Å². The highest BCUT2D eigenvalue weighted by Crippen LogP contribution is 2.27. The van der Waals surface area contributed by atoms with Crippen molar-refractivity contribution >= 4 is 21.4 Å². The van der Waals surface area contributed by atoms with Crippen LogP contribution in [0.2, 0.25) is 0 Å². The normalized spacial score (nSPS) is 18.3. The minimum Gasteiger partial charge on any atom is -0.300 e. The van der Waals surface area contributed by atoms with Gasteiger partial charge in [-0.25, -0.2) is 12.8 Å². The molecule has 3 rings (SSSR count). The van der Waals surface area contributed by atoms with Crippen LogP contribution in [0, 0.1) is 19.7 Å². The molecule has 0 N–H and O–H groups in total. The Morgan fingerprint density at radius 2 is 1.80 bits per heavy atom. The second kappa shape index (κ2) is 6.44. The zero-order valence-corrected chi connectivity index (χ0v) is 14.8. The van der Waals surface area contributed by atoms with Gasteiger partial charge < -0.3 is 4.90 Å². The van der Waals surface area contributed by atoms with Crippen LogP contribution < -0.4 is 4.90 Å². The molecule has 1 aliphatic rings. The largest absolute Gasteiger partial charge is 0.300 e. The lowest BCUT2D eigenvalue weighted by molar-refractivity contribution is 0.0982. The zero-order chi connectivity index (χ0) is 18.2. The zero-order valence-electron chi connectivity index (χ0n) is 13.9. The van der Waals surface area contributed by atoms with Crippen molar-refractivity contribution in [3.8, 4) is 0 Å². The van der Waals surface area contributed by atoms with Gasteiger partial charge in [-0.2, -0.15) is 0 Å². The standard InChI is InChI=1S/C19H18FNO3S/c1-13-8-14(2)10-18(9-13)21(17-6-7-25(23,24)12-17)19(22)15-4-3-5-16(20)11-15/h3-11,17H,12H2,1-2H3/t17-/m1/s1. The van der Waals surface area contributed by atoms with E-state index in [-0.39, 0.29) is 11.3 Å². The minimum atomic E-state index is -3.34. The van der Waals surface area contributed by atoms with Crippen molar-refractivity contribution in [3.63, 3.8) is 0 Å². The average molecular weight is 359 g/mol. The van der Waals surface area contributed by atoms with E-state index in [1.54, 1.807) is 0 Å². The van der Waals surface area contributed by atoms with Gasteiger partial charge in [-0.1, -0.05) is 12.1 Å². The van der Waals surface area contributed by atoms with Gasteiger partial charge >= 0.3 is 0 Å². The van der Waals surface area contributed by atoms with Gasteiger partial charge in [0.25, 0.3) is 5.91 Å². The second-order valence-corrected chi connectivity index (χ2v) is 8.19. The van der Waals surface area contributed by atoms with E-state index >= 15 is 0 Å². The van der Waals surface area contributed by atoms with Crippen molar-refractivity contribution in [1.82, 2.24) is 0 Å². The van der Waals surface area contributed by atoms with Crippen LogP contribution in [0.1, 0.15) is 21.5 Å². The lowest BCUT2D eigenvalue weighted by atomic mass is 10.1. The van der Waals surface area contributed by atoms with Crippen LogP contribution in [-0.4, -0.2) is 26.1 Å². The van der Waals surface area contributed by atoms with Crippen LogP contribution in [0.3, 0.4) is 0 Å². The van der Waals surface area contributed by atoms with Crippen molar-refractivity contribution in [2.24, 2.45) is 0 Å². The number of anilines is 1. The number of carbonyl (C=O) groups excluding carboxylic acids is 1. The second-order valence-electron chi connectivity index (χ2n) is 6.26. The number of carbonyl (C=O) groups is 1. The predicted molar refractivity (Wildman–Crippen MR) is 95.8 cm³/mol. The minimum absolute atomic E-state index is 0.178. The van der Waals surface area contributed by atoms with Crippen molar-refractivity contribution < 1.29 is 17.6 Å². The molecule has 2 aromatic carbocycles. The maximum Gasteiger partial charge on any atom is 0.258 e. The van der Waals surface area contributed by atoms with E-state index in [2.05, 4.69) is 0 Å². The fourth-order valence-corrected chi connectivity index (χ4v) is 4.30. The fourth-order valence-electron chi connectivity index (χ4n) is 3.03. The van der Waals surface area contributed by atoms with Gasteiger partial charge in [0, 0.05) is 16.7 Å². The molecule has 0 bridgehead atoms. The number of benzene rings is 2. The summed E-state index contributed by atoms with van der Waals surface area (Å²) in [5, 5.41) is 1.13. The molecule has 6 heteroatoms. The van der Waals surface area contributed by atoms with Crippen molar-refractivity contribution in [3.05, 3.63) is 76.5 Å². The number of sulfone groups is 1. The Kier molecular flexibility index (Phi) is 4.47. The van der Waals surface area contributed by atoms with Gasteiger partial charge in [0.05, 0.1) is 11.8 Å². The third-order valence-corrected chi connectivity index (χ3v) is 5.40. The lowest BCUT2D eigenvalue weighted by Gasteiger charge is -2.28. The Balaban J connectivity index is 2.09. The van der Waals surface area contributed by atoms with E-state index in [0.29, 0.717) is 5.69 Å². The smallest absolute Gasteiger partial charge is 0.258 e. The molecular formula is C19H18FNO3S. The number of nitrogens with zero attached hydrogens (tertiary/aromatic N) is 1. The molecule has 0 saturated carbocycles. The molecule has 0 fully saturated rings. The molecule has 0 unspecified atom stereocenters. The fraction of sp³-hybridized carbons (Fsp3) is 0.211. The lowest BCUT2D eigenvalue weighted by Crippen LogP contribution is -2.41. The average Bonchev–Trinajstić information content (AvgIpc) is 2.86. The van der Waals surface area contributed by atoms with Crippen LogP contribution >= 0.6 is 0 Å². The highest BCUT2D eigenvalue weighted by Gasteiger charge is 2.32. The Morgan fingerprint density at radius 1 is 1.12 bits per heavy atom. The summed E-state index contributed by atoms with van der Waals surface area (Å²) in [5.74, 6) is -1.13. The summed E-state index contributed by atoms with van der Waals surface area (Å²) in [7, 11) is -3.34. The Hall–Kier alpha value is -2.47. The van der Waals surface area contributed by atoms with E-state index in [0.717, 1.165) is 22.6 Å². The molecule has 2 aromatic rings. The first-order chi connectivity index (χ1) is 11.7. The highest BCUT2D eigenvalue weighted by atomic mass is 32.2. The molecule has 25 heavy (non-hydrogen) atoms. The summed E-state index contributed by atoms with van der Waals surface area (Å²) in [6.45, 7) is 3.81. The molecule has 0 saturated heterocycles. The maximum absolute atomic E-state index is 13.5. The first kappa shape index (κ1) is 17.4. The molecule has 0 spiro atoms. The monoisotopic (exact) mass is 359 g/mol. The topological polar surface area (TPSA) is 54.5 Å². The van der Waals surface area contributed by atoms with Gasteiger partial charge in [0.15, 0.2) is 9.84 Å². The molecule has 1 atom stereocenters. The number of hydrogen-bond acceptors (Lipinski definition) is 3. The van der Waals surface area contributed by atoms with Crippen molar-refractivity contribution in [1.29, 1.82) is 0 Å². The first-order valence-electron chi connectivity index (χ1n) is 7.83. The summed E-state index contributed by atoms with van der Waals surface area (Å²) >= 11 is 0. The summed E-state index contributed by atoms with van der Waals surface area (Å²) in [4.78, 5) is 14.5. The van der Waals surface area contributed by atoms with E-state index in [9.17, 15) is 17.6 Å². The Labute approximate surface area is 146 Å². The van der Waals surface area contributed by atoms with Gasteiger partial charge in [-0.15, -0.1) is 0 Å². The predicted octanol–water partition coefficient (Wildman–Crippen LogP) is 3.40. The summed E-state index contributed by atoms with van der Waals surface area (Å²) in [6.07, 6.45) is 1.50. The van der Waals surface area contributed by atoms with E-state index in [4.69, 9.17) is 0 Å². The quantitative estimate of drug-likeness (QED) is 0.844. The van der Waals surface area contributed by atoms with Crippen molar-refractivity contribution in [2.75, 3.05) is 10.7 Å². The summed E-state index contributed by atoms with van der Waals surface area (Å²) in [6, 6.07) is 10.4. The van der Waals surface area contributed by atoms with E-state index in [1.807, 2.05) is 32.0 Å². The molecule has 0 aromatic heterocycles. The molecular weight excluding hydrogens is 341 g/mol. The Morgan fingerprint density at radius 3 is 2.36 bits per heavy atom. The van der Waals surface area contributed by atoms with E-state index < -0.39 is 27.6 Å². The summed E-state index contributed by atoms with van der Waals surface area (Å²) in [5.41, 5.74) is 2.68. The van der Waals surface area contributed by atoms with Gasteiger partial charge in [-0.05, 0) is 61.4 Å². The number of amides is 1. The van der Waals surface area contributed by atoms with Gasteiger partial charge in [-0.3, -0.25) is 4.79 Å². The SMILES string of the molecule is Cc1cc(C)cc(N(C(=O)c2cccc(F)c2)[C@@H]2C=CS(=O)(=O)C2)c1. The number of rotatable bonds is 3. The summed E-state index contributed by atoms with van der Waals surface area (Å²) < 4.78 is 37.2. The Bertz CT molecular complexity index is 946. The molecule has 1 amide bonds. The van der Waals surface area contributed by atoms with Gasteiger partial charge in [0.2, 0.25) is 0 Å². The van der Waals surface area contributed by atoms with Crippen LogP contribution in [0.25, 0.3) is 0 Å². The molecule has 0 radical (unpaired) electrons. The number of hydrogen-bond donors (Lipinski definition) is 0. The third kappa shape index (κ3) is 3.79. The maximum atomic E-state index is 13.5. The van der Waals surface area contributed by atoms with Crippen LogP contribution in [0.15, 0.2) is 53.9 Å². The first-order valence-corrected chi connectivity index (χ1v) is 9.55. The van der Waals surface area contributed by atoms with Crippen LogP contribution in [-0.2, 0) is 9.84 Å². The third-order valence-electron chi connectivity index (χ3n) is 4.02. The van der Waals surface area contributed by atoms with Gasteiger partial charge in [0.1, 0.15) is 5.82 Å². The highest BCUT2D eigenvalue weighted by molar-refractivity contribution is 7.94.